The summed E-state index contributed by atoms with van der Waals surface area (Å²) >= 11 is 5.62. The minimum Gasteiger partial charge on any atom is -0.345 e. The van der Waals surface area contributed by atoms with Crippen LogP contribution in [0.1, 0.15) is 30.0 Å². The highest BCUT2D eigenvalue weighted by Gasteiger charge is 2.10. The molecule has 2 nitrogen and oxygen atoms in total. The van der Waals surface area contributed by atoms with Crippen molar-refractivity contribution in [2.24, 2.45) is 0 Å². The van der Waals surface area contributed by atoms with E-state index in [-0.39, 0.29) is 0 Å². The normalized spacial score (nSPS) is 10.3. The fourth-order valence-corrected chi connectivity index (χ4v) is 2.61. The van der Waals surface area contributed by atoms with Gasteiger partial charge in [0.15, 0.2) is 5.11 Å². The van der Waals surface area contributed by atoms with Gasteiger partial charge >= 0.3 is 0 Å². The number of aryl methyl sites for hydroxylation is 2. The van der Waals surface area contributed by atoms with E-state index < -0.39 is 0 Å². The Hall–Kier alpha value is -1.87. The molecular weight excluding hydrogens is 288 g/mol. The molecule has 0 bridgehead atoms. The SMILES string of the molecule is CCCN(Cc1ccc(C)cc1)C(=S)Nc1ccccc1C. The van der Waals surface area contributed by atoms with Crippen molar-refractivity contribution in [1.29, 1.82) is 0 Å². The number of rotatable bonds is 5. The number of thiocarbonyl (C=S) groups is 1. The predicted molar refractivity (Wildman–Crippen MR) is 99.3 cm³/mol. The van der Waals surface area contributed by atoms with Crippen LogP contribution in [0, 0.1) is 13.8 Å². The molecule has 0 unspecified atom stereocenters. The van der Waals surface area contributed by atoms with Gasteiger partial charge < -0.3 is 10.2 Å². The Morgan fingerprint density at radius 3 is 2.36 bits per heavy atom. The fourth-order valence-electron chi connectivity index (χ4n) is 2.34. The molecule has 0 spiro atoms. The lowest BCUT2D eigenvalue weighted by Gasteiger charge is -2.26. The molecule has 0 aliphatic rings. The fraction of sp³-hybridized carbons (Fsp3) is 0.316. The smallest absolute Gasteiger partial charge is 0.173 e. The summed E-state index contributed by atoms with van der Waals surface area (Å²) in [7, 11) is 0. The Morgan fingerprint density at radius 1 is 1.05 bits per heavy atom. The number of nitrogens with one attached hydrogen (secondary N) is 1. The summed E-state index contributed by atoms with van der Waals surface area (Å²) in [6.07, 6.45) is 1.07. The first-order valence-electron chi connectivity index (χ1n) is 7.77. The van der Waals surface area contributed by atoms with E-state index in [4.69, 9.17) is 12.2 Å². The van der Waals surface area contributed by atoms with Crippen molar-refractivity contribution in [3.63, 3.8) is 0 Å². The average molecular weight is 312 g/mol. The van der Waals surface area contributed by atoms with Crippen molar-refractivity contribution < 1.29 is 0 Å². The molecule has 1 N–H and O–H groups in total. The monoisotopic (exact) mass is 312 g/mol. The molecule has 0 aromatic heterocycles. The van der Waals surface area contributed by atoms with Gasteiger partial charge in [-0.1, -0.05) is 55.0 Å². The zero-order valence-corrected chi connectivity index (χ0v) is 14.4. The molecule has 3 heteroatoms. The van der Waals surface area contributed by atoms with Crippen LogP contribution in [-0.2, 0) is 6.54 Å². The molecule has 2 rings (SSSR count). The van der Waals surface area contributed by atoms with Crippen LogP contribution in [0.4, 0.5) is 5.69 Å². The topological polar surface area (TPSA) is 15.3 Å². The van der Waals surface area contributed by atoms with Crippen LogP contribution in [0.25, 0.3) is 0 Å². The van der Waals surface area contributed by atoms with E-state index in [1.807, 2.05) is 12.1 Å². The predicted octanol–water partition coefficient (Wildman–Crippen LogP) is 4.91. The lowest BCUT2D eigenvalue weighted by Crippen LogP contribution is -2.35. The van der Waals surface area contributed by atoms with Crippen LogP contribution >= 0.6 is 12.2 Å². The lowest BCUT2D eigenvalue weighted by molar-refractivity contribution is 0.418. The summed E-state index contributed by atoms with van der Waals surface area (Å²) in [6, 6.07) is 16.9. The largest absolute Gasteiger partial charge is 0.345 e. The third-order valence-corrected chi connectivity index (χ3v) is 4.02. The van der Waals surface area contributed by atoms with E-state index in [9.17, 15) is 0 Å². The zero-order chi connectivity index (χ0) is 15.9. The molecule has 0 saturated carbocycles. The van der Waals surface area contributed by atoms with Gasteiger partial charge in [-0.05, 0) is 49.7 Å². The molecule has 0 atom stereocenters. The molecule has 0 fully saturated rings. The van der Waals surface area contributed by atoms with Gasteiger partial charge in [0.2, 0.25) is 0 Å². The second-order valence-electron chi connectivity index (χ2n) is 5.65. The third-order valence-electron chi connectivity index (χ3n) is 3.66. The standard InChI is InChI=1S/C19H24N2S/c1-4-13-21(14-17-11-9-15(2)10-12-17)19(22)20-18-8-6-5-7-16(18)3/h5-12H,4,13-14H2,1-3H3,(H,20,22). The van der Waals surface area contributed by atoms with Gasteiger partial charge in [0.1, 0.15) is 0 Å². The average Bonchev–Trinajstić information content (AvgIpc) is 2.51. The number of benzene rings is 2. The lowest BCUT2D eigenvalue weighted by atomic mass is 10.1. The van der Waals surface area contributed by atoms with E-state index in [1.54, 1.807) is 0 Å². The maximum atomic E-state index is 5.62. The van der Waals surface area contributed by atoms with E-state index in [2.05, 4.69) is 67.4 Å². The van der Waals surface area contributed by atoms with E-state index in [1.165, 1.54) is 16.7 Å². The quantitative estimate of drug-likeness (QED) is 0.790. The van der Waals surface area contributed by atoms with Crippen molar-refractivity contribution in [3.05, 3.63) is 65.2 Å². The van der Waals surface area contributed by atoms with Crippen molar-refractivity contribution in [2.45, 2.75) is 33.7 Å². The molecule has 2 aromatic rings. The van der Waals surface area contributed by atoms with Crippen LogP contribution in [0.2, 0.25) is 0 Å². The summed E-state index contributed by atoms with van der Waals surface area (Å²) in [5.41, 5.74) is 4.86. The highest BCUT2D eigenvalue weighted by Crippen LogP contribution is 2.15. The Kier molecular flexibility index (Phi) is 5.96. The second-order valence-corrected chi connectivity index (χ2v) is 6.04. The van der Waals surface area contributed by atoms with Crippen LogP contribution in [-0.4, -0.2) is 16.6 Å². The first-order valence-corrected chi connectivity index (χ1v) is 8.18. The van der Waals surface area contributed by atoms with Crippen molar-refractivity contribution in [3.8, 4) is 0 Å². The first-order chi connectivity index (χ1) is 10.6. The van der Waals surface area contributed by atoms with E-state index in [0.717, 1.165) is 30.3 Å². The van der Waals surface area contributed by atoms with Crippen LogP contribution in [0.15, 0.2) is 48.5 Å². The number of hydrogen-bond donors (Lipinski definition) is 1. The van der Waals surface area contributed by atoms with Gasteiger partial charge in [-0.3, -0.25) is 0 Å². The molecule has 2 aromatic carbocycles. The molecule has 0 radical (unpaired) electrons. The Balaban J connectivity index is 2.08. The second kappa shape index (κ2) is 7.95. The molecule has 22 heavy (non-hydrogen) atoms. The third kappa shape index (κ3) is 4.57. The van der Waals surface area contributed by atoms with Gasteiger partial charge in [-0.15, -0.1) is 0 Å². The number of para-hydroxylation sites is 1. The van der Waals surface area contributed by atoms with Gasteiger partial charge in [0, 0.05) is 18.8 Å². The molecule has 0 aliphatic heterocycles. The summed E-state index contributed by atoms with van der Waals surface area (Å²) in [5, 5.41) is 4.17. The van der Waals surface area contributed by atoms with Crippen molar-refractivity contribution in [2.75, 3.05) is 11.9 Å². The summed E-state index contributed by atoms with van der Waals surface area (Å²) in [4.78, 5) is 2.23. The molecule has 0 amide bonds. The maximum absolute atomic E-state index is 5.62. The van der Waals surface area contributed by atoms with Crippen LogP contribution < -0.4 is 5.32 Å². The highest BCUT2D eigenvalue weighted by atomic mass is 32.1. The number of hydrogen-bond acceptors (Lipinski definition) is 1. The molecule has 116 valence electrons. The minimum absolute atomic E-state index is 0.789. The maximum Gasteiger partial charge on any atom is 0.173 e. The first kappa shape index (κ1) is 16.5. The summed E-state index contributed by atoms with van der Waals surface area (Å²) in [6.45, 7) is 8.17. The molecule has 0 heterocycles. The summed E-state index contributed by atoms with van der Waals surface area (Å²) in [5.74, 6) is 0. The van der Waals surface area contributed by atoms with Crippen LogP contribution in [0.5, 0.6) is 0 Å². The molecule has 0 aliphatic carbocycles. The number of anilines is 1. The van der Waals surface area contributed by atoms with E-state index >= 15 is 0 Å². The van der Waals surface area contributed by atoms with Gasteiger partial charge in [-0.2, -0.15) is 0 Å². The van der Waals surface area contributed by atoms with Gasteiger partial charge in [0.05, 0.1) is 0 Å². The Bertz CT molecular complexity index is 620. The minimum atomic E-state index is 0.789. The van der Waals surface area contributed by atoms with E-state index in [0.29, 0.717) is 0 Å². The highest BCUT2D eigenvalue weighted by molar-refractivity contribution is 7.80. The Morgan fingerprint density at radius 2 is 1.73 bits per heavy atom. The van der Waals surface area contributed by atoms with Crippen LogP contribution in [0.3, 0.4) is 0 Å². The Labute approximate surface area is 139 Å². The molecule has 0 saturated heterocycles. The number of nitrogens with zero attached hydrogens (tertiary/aromatic N) is 1. The van der Waals surface area contributed by atoms with Gasteiger partial charge in [0.25, 0.3) is 0 Å². The zero-order valence-electron chi connectivity index (χ0n) is 13.6. The van der Waals surface area contributed by atoms with Crippen molar-refractivity contribution in [1.82, 2.24) is 4.90 Å². The summed E-state index contributed by atoms with van der Waals surface area (Å²) < 4.78 is 0. The molecular formula is C19H24N2S. The van der Waals surface area contributed by atoms with Gasteiger partial charge in [-0.25, -0.2) is 0 Å². The van der Waals surface area contributed by atoms with Crippen molar-refractivity contribution >= 4 is 23.0 Å².